The average molecular weight is 241 g/mol. The summed E-state index contributed by atoms with van der Waals surface area (Å²) >= 11 is 0. The van der Waals surface area contributed by atoms with E-state index < -0.39 is 0 Å². The van der Waals surface area contributed by atoms with Crippen molar-refractivity contribution >= 4 is 0 Å². The Morgan fingerprint density at radius 3 is 2.65 bits per heavy atom. The first-order chi connectivity index (χ1) is 8.38. The fraction of sp³-hybridized carbons (Fsp3) is 1.00. The van der Waals surface area contributed by atoms with Crippen LogP contribution in [0.2, 0.25) is 0 Å². The highest BCUT2D eigenvalue weighted by atomic mass is 16.5. The van der Waals surface area contributed by atoms with E-state index in [-0.39, 0.29) is 0 Å². The number of hydrogen-bond acceptors (Lipinski definition) is 3. The van der Waals surface area contributed by atoms with Crippen LogP contribution in [0, 0.1) is 0 Å². The minimum absolute atomic E-state index is 0.351. The first-order valence-corrected chi connectivity index (χ1v) is 7.36. The van der Waals surface area contributed by atoms with Gasteiger partial charge in [0.1, 0.15) is 0 Å². The second-order valence-corrected chi connectivity index (χ2v) is 5.40. The summed E-state index contributed by atoms with van der Waals surface area (Å²) in [5.74, 6) is 0. The molecule has 1 aliphatic carbocycles. The molecular formula is C14H27NO2. The number of nitrogens with one attached hydrogen (secondary N) is 1. The minimum atomic E-state index is 0.351. The highest BCUT2D eigenvalue weighted by Gasteiger charge is 2.26. The monoisotopic (exact) mass is 241 g/mol. The summed E-state index contributed by atoms with van der Waals surface area (Å²) in [5.41, 5.74) is 0. The Morgan fingerprint density at radius 1 is 1.12 bits per heavy atom. The molecule has 2 atom stereocenters. The van der Waals surface area contributed by atoms with Crippen LogP contribution in [0.15, 0.2) is 0 Å². The lowest BCUT2D eigenvalue weighted by Crippen LogP contribution is -2.28. The van der Waals surface area contributed by atoms with Crippen LogP contribution in [0.25, 0.3) is 0 Å². The second kappa shape index (κ2) is 7.34. The van der Waals surface area contributed by atoms with E-state index in [2.05, 4.69) is 12.2 Å². The van der Waals surface area contributed by atoms with E-state index in [4.69, 9.17) is 9.47 Å². The van der Waals surface area contributed by atoms with Gasteiger partial charge in [0.05, 0.1) is 24.9 Å². The molecule has 0 spiro atoms. The van der Waals surface area contributed by atoms with Crippen molar-refractivity contribution < 1.29 is 9.47 Å². The van der Waals surface area contributed by atoms with E-state index in [0.717, 1.165) is 19.7 Å². The quantitative estimate of drug-likeness (QED) is 0.695. The van der Waals surface area contributed by atoms with Crippen molar-refractivity contribution in [1.82, 2.24) is 5.32 Å². The molecule has 1 aliphatic heterocycles. The maximum Gasteiger partial charge on any atom is 0.0814 e. The molecule has 1 saturated heterocycles. The van der Waals surface area contributed by atoms with Gasteiger partial charge in [-0.25, -0.2) is 0 Å². The van der Waals surface area contributed by atoms with Crippen molar-refractivity contribution in [2.24, 2.45) is 0 Å². The van der Waals surface area contributed by atoms with Crippen LogP contribution in [-0.4, -0.2) is 38.0 Å². The van der Waals surface area contributed by atoms with Crippen LogP contribution in [-0.2, 0) is 9.47 Å². The van der Waals surface area contributed by atoms with Gasteiger partial charge in [0.15, 0.2) is 0 Å². The van der Waals surface area contributed by atoms with E-state index in [9.17, 15) is 0 Å². The van der Waals surface area contributed by atoms with E-state index in [1.165, 1.54) is 44.9 Å². The third-order valence-electron chi connectivity index (χ3n) is 3.81. The van der Waals surface area contributed by atoms with Crippen LogP contribution in [0.3, 0.4) is 0 Å². The maximum absolute atomic E-state index is 5.98. The Morgan fingerprint density at radius 2 is 1.88 bits per heavy atom. The summed E-state index contributed by atoms with van der Waals surface area (Å²) in [6.07, 6.45) is 10.1. The fourth-order valence-electron chi connectivity index (χ4n) is 2.79. The molecule has 2 unspecified atom stereocenters. The molecule has 2 rings (SSSR count). The molecule has 0 aromatic heterocycles. The van der Waals surface area contributed by atoms with E-state index >= 15 is 0 Å². The normalized spacial score (nSPS) is 30.2. The largest absolute Gasteiger partial charge is 0.376 e. The first kappa shape index (κ1) is 13.3. The summed E-state index contributed by atoms with van der Waals surface area (Å²) in [4.78, 5) is 0. The molecule has 2 fully saturated rings. The second-order valence-electron chi connectivity index (χ2n) is 5.40. The standard InChI is InChI=1S/C14H27NO2/c1-2-9-15-10-13-7-8-14(17-13)11-16-12-5-3-4-6-12/h12-15H,2-11H2,1H3. The average Bonchev–Trinajstić information content (AvgIpc) is 2.98. The Bertz CT molecular complexity index is 204. The molecule has 0 aromatic carbocycles. The van der Waals surface area contributed by atoms with E-state index in [0.29, 0.717) is 18.3 Å². The lowest BCUT2D eigenvalue weighted by Gasteiger charge is -2.17. The SMILES string of the molecule is CCCNCC1CCC(COC2CCCC2)O1. The summed E-state index contributed by atoms with van der Waals surface area (Å²) in [6, 6.07) is 0. The van der Waals surface area contributed by atoms with Crippen LogP contribution in [0.1, 0.15) is 51.9 Å². The zero-order valence-corrected chi connectivity index (χ0v) is 11.1. The van der Waals surface area contributed by atoms with Gasteiger partial charge in [0.2, 0.25) is 0 Å². The van der Waals surface area contributed by atoms with Gasteiger partial charge in [-0.1, -0.05) is 19.8 Å². The van der Waals surface area contributed by atoms with Crippen molar-refractivity contribution in [3.63, 3.8) is 0 Å². The van der Waals surface area contributed by atoms with Crippen molar-refractivity contribution in [1.29, 1.82) is 0 Å². The van der Waals surface area contributed by atoms with Gasteiger partial charge in [-0.2, -0.15) is 0 Å². The van der Waals surface area contributed by atoms with Gasteiger partial charge in [0.25, 0.3) is 0 Å². The predicted octanol–water partition coefficient (Wildman–Crippen LogP) is 2.49. The molecule has 1 saturated carbocycles. The topological polar surface area (TPSA) is 30.5 Å². The maximum atomic E-state index is 5.98. The number of rotatable bonds is 7. The van der Waals surface area contributed by atoms with Gasteiger partial charge in [-0.05, 0) is 38.6 Å². The number of hydrogen-bond donors (Lipinski definition) is 1. The Kier molecular flexibility index (Phi) is 5.75. The third kappa shape index (κ3) is 4.57. The third-order valence-corrected chi connectivity index (χ3v) is 3.81. The summed E-state index contributed by atoms with van der Waals surface area (Å²) in [7, 11) is 0. The van der Waals surface area contributed by atoms with Crippen LogP contribution < -0.4 is 5.32 Å². The van der Waals surface area contributed by atoms with Crippen LogP contribution in [0.4, 0.5) is 0 Å². The Hall–Kier alpha value is -0.120. The molecule has 0 amide bonds. The molecule has 3 nitrogen and oxygen atoms in total. The van der Waals surface area contributed by atoms with Crippen LogP contribution >= 0.6 is 0 Å². The molecule has 100 valence electrons. The highest BCUT2D eigenvalue weighted by Crippen LogP contribution is 2.24. The summed E-state index contributed by atoms with van der Waals surface area (Å²) < 4.78 is 11.9. The molecule has 1 N–H and O–H groups in total. The van der Waals surface area contributed by atoms with Gasteiger partial charge in [0, 0.05) is 6.54 Å². The molecule has 1 heterocycles. The molecule has 0 bridgehead atoms. The minimum Gasteiger partial charge on any atom is -0.376 e. The van der Waals surface area contributed by atoms with Gasteiger partial charge >= 0.3 is 0 Å². The first-order valence-electron chi connectivity index (χ1n) is 7.36. The van der Waals surface area contributed by atoms with Gasteiger partial charge < -0.3 is 14.8 Å². The van der Waals surface area contributed by atoms with Crippen LogP contribution in [0.5, 0.6) is 0 Å². The van der Waals surface area contributed by atoms with Crippen molar-refractivity contribution in [2.75, 3.05) is 19.7 Å². The molecular weight excluding hydrogens is 214 g/mol. The van der Waals surface area contributed by atoms with Gasteiger partial charge in [-0.3, -0.25) is 0 Å². The fourth-order valence-corrected chi connectivity index (χ4v) is 2.79. The van der Waals surface area contributed by atoms with Crippen molar-refractivity contribution in [2.45, 2.75) is 70.2 Å². The molecule has 0 radical (unpaired) electrons. The van der Waals surface area contributed by atoms with E-state index in [1.54, 1.807) is 0 Å². The Balaban J connectivity index is 1.54. The Labute approximate surface area is 105 Å². The van der Waals surface area contributed by atoms with E-state index in [1.807, 2.05) is 0 Å². The summed E-state index contributed by atoms with van der Waals surface area (Å²) in [6.45, 7) is 5.12. The van der Waals surface area contributed by atoms with Gasteiger partial charge in [-0.15, -0.1) is 0 Å². The zero-order valence-electron chi connectivity index (χ0n) is 11.1. The summed E-state index contributed by atoms with van der Waals surface area (Å²) in [5, 5.41) is 3.43. The lowest BCUT2D eigenvalue weighted by molar-refractivity contribution is -0.0388. The smallest absolute Gasteiger partial charge is 0.0814 e. The molecule has 0 aromatic rings. The van der Waals surface area contributed by atoms with Crippen molar-refractivity contribution in [3.8, 4) is 0 Å². The lowest BCUT2D eigenvalue weighted by atomic mass is 10.2. The highest BCUT2D eigenvalue weighted by molar-refractivity contribution is 4.76. The zero-order chi connectivity index (χ0) is 11.9. The van der Waals surface area contributed by atoms with Crippen molar-refractivity contribution in [3.05, 3.63) is 0 Å². The number of ether oxygens (including phenoxy) is 2. The molecule has 2 aliphatic rings. The molecule has 3 heteroatoms. The molecule has 17 heavy (non-hydrogen) atoms. The predicted molar refractivity (Wildman–Crippen MR) is 69.3 cm³/mol.